The first-order valence-corrected chi connectivity index (χ1v) is 10.5. The number of nitrogens with zero attached hydrogens (tertiary/aromatic N) is 1. The molecule has 0 bridgehead atoms. The summed E-state index contributed by atoms with van der Waals surface area (Å²) in [5.41, 5.74) is 2.11. The highest BCUT2D eigenvalue weighted by Gasteiger charge is 2.47. The summed E-state index contributed by atoms with van der Waals surface area (Å²) in [6, 6.07) is 14.9. The number of benzene rings is 2. The van der Waals surface area contributed by atoms with Crippen LogP contribution < -0.4 is 0 Å². The predicted molar refractivity (Wildman–Crippen MR) is 112 cm³/mol. The molecule has 1 heterocycles. The quantitative estimate of drug-likeness (QED) is 0.617. The largest absolute Gasteiger partial charge is 0.325 e. The molecule has 0 radical (unpaired) electrons. The lowest BCUT2D eigenvalue weighted by atomic mass is 9.78. The Balaban J connectivity index is 1.82. The Bertz CT molecular complexity index is 892. The van der Waals surface area contributed by atoms with E-state index in [9.17, 15) is 9.59 Å². The standard InChI is InChI=1S/C23H23Cl2NO2/c1-14(27)22(15-5-6-15)26-21(28)12-11-20(17-3-2-4-19(25)13-17)23(26)16-7-9-18(24)10-8-16/h2-4,7-10,13,15,20,22-23H,5-6,11-12H2,1H3/t20-,22-,23?/m1/s1. The van der Waals surface area contributed by atoms with E-state index in [4.69, 9.17) is 23.2 Å². The van der Waals surface area contributed by atoms with E-state index in [1.165, 1.54) is 0 Å². The highest BCUT2D eigenvalue weighted by molar-refractivity contribution is 6.30. The van der Waals surface area contributed by atoms with Gasteiger partial charge in [-0.25, -0.2) is 0 Å². The summed E-state index contributed by atoms with van der Waals surface area (Å²) in [6.45, 7) is 1.61. The number of carbonyl (C=O) groups excluding carboxylic acids is 2. The zero-order chi connectivity index (χ0) is 19.8. The Morgan fingerprint density at radius 2 is 1.71 bits per heavy atom. The average molecular weight is 416 g/mol. The molecule has 2 aromatic carbocycles. The zero-order valence-corrected chi connectivity index (χ0v) is 17.3. The van der Waals surface area contributed by atoms with E-state index in [1.807, 2.05) is 47.4 Å². The number of Topliss-reactive ketones (excluding diaryl/α,β-unsaturated/α-hetero) is 1. The molecule has 2 aromatic rings. The average Bonchev–Trinajstić information content (AvgIpc) is 3.48. The van der Waals surface area contributed by atoms with Crippen LogP contribution in [0.3, 0.4) is 0 Å². The molecule has 0 aromatic heterocycles. The van der Waals surface area contributed by atoms with E-state index in [0.717, 1.165) is 30.4 Å². The summed E-state index contributed by atoms with van der Waals surface area (Å²) in [7, 11) is 0. The van der Waals surface area contributed by atoms with Crippen molar-refractivity contribution in [3.63, 3.8) is 0 Å². The van der Waals surface area contributed by atoms with Gasteiger partial charge in [-0.2, -0.15) is 0 Å². The molecule has 28 heavy (non-hydrogen) atoms. The molecule has 1 amide bonds. The predicted octanol–water partition coefficient (Wildman–Crippen LogP) is 5.81. The highest BCUT2D eigenvalue weighted by atomic mass is 35.5. The molecule has 2 fully saturated rings. The molecule has 5 heteroatoms. The van der Waals surface area contributed by atoms with Crippen LogP contribution in [0.4, 0.5) is 0 Å². The van der Waals surface area contributed by atoms with Gasteiger partial charge in [0.05, 0.1) is 12.1 Å². The topological polar surface area (TPSA) is 37.4 Å². The molecule has 1 aliphatic carbocycles. The third kappa shape index (κ3) is 3.83. The molecular formula is C23H23Cl2NO2. The minimum atomic E-state index is -0.352. The Hall–Kier alpha value is -1.84. The van der Waals surface area contributed by atoms with Gasteiger partial charge in [-0.15, -0.1) is 0 Å². The Morgan fingerprint density at radius 3 is 2.32 bits per heavy atom. The molecule has 2 aliphatic rings. The smallest absolute Gasteiger partial charge is 0.223 e. The lowest BCUT2D eigenvalue weighted by Gasteiger charge is -2.45. The summed E-state index contributed by atoms with van der Waals surface area (Å²) in [5.74, 6) is 0.486. The van der Waals surface area contributed by atoms with Gasteiger partial charge in [0.15, 0.2) is 5.78 Å². The number of piperidine rings is 1. The van der Waals surface area contributed by atoms with E-state index < -0.39 is 0 Å². The number of amides is 1. The second-order valence-corrected chi connectivity index (χ2v) is 8.76. The third-order valence-corrected chi connectivity index (χ3v) is 6.40. The van der Waals surface area contributed by atoms with Crippen LogP contribution in [0.2, 0.25) is 10.0 Å². The van der Waals surface area contributed by atoms with Crippen molar-refractivity contribution in [3.8, 4) is 0 Å². The Kier molecular flexibility index (Phi) is 5.48. The van der Waals surface area contributed by atoms with Gasteiger partial charge in [-0.05, 0) is 67.5 Å². The minimum absolute atomic E-state index is 0.0605. The summed E-state index contributed by atoms with van der Waals surface area (Å²) < 4.78 is 0. The fourth-order valence-corrected chi connectivity index (χ4v) is 4.87. The normalized spacial score (nSPS) is 23.5. The van der Waals surface area contributed by atoms with Crippen molar-refractivity contribution >= 4 is 34.9 Å². The molecule has 1 aliphatic heterocycles. The van der Waals surface area contributed by atoms with Crippen LogP contribution in [0.25, 0.3) is 0 Å². The number of hydrogen-bond acceptors (Lipinski definition) is 2. The van der Waals surface area contributed by atoms with E-state index in [1.54, 1.807) is 6.92 Å². The van der Waals surface area contributed by atoms with Crippen molar-refractivity contribution in [2.45, 2.75) is 50.6 Å². The number of ketones is 1. The Morgan fingerprint density at radius 1 is 1.00 bits per heavy atom. The molecule has 4 rings (SSSR count). The van der Waals surface area contributed by atoms with E-state index in [0.29, 0.717) is 16.5 Å². The Labute approximate surface area is 175 Å². The fraction of sp³-hybridized carbons (Fsp3) is 0.391. The van der Waals surface area contributed by atoms with Gasteiger partial charge in [-0.3, -0.25) is 9.59 Å². The highest BCUT2D eigenvalue weighted by Crippen LogP contribution is 2.48. The van der Waals surface area contributed by atoms with Crippen LogP contribution in [0.1, 0.15) is 55.7 Å². The van der Waals surface area contributed by atoms with E-state index in [-0.39, 0.29) is 35.6 Å². The number of likely N-dealkylation sites (tertiary alicyclic amines) is 1. The number of hydrogen-bond donors (Lipinski definition) is 0. The van der Waals surface area contributed by atoms with Crippen molar-refractivity contribution in [2.24, 2.45) is 5.92 Å². The van der Waals surface area contributed by atoms with Crippen LogP contribution >= 0.6 is 23.2 Å². The van der Waals surface area contributed by atoms with Crippen LogP contribution in [0.15, 0.2) is 48.5 Å². The minimum Gasteiger partial charge on any atom is -0.325 e. The van der Waals surface area contributed by atoms with Gasteiger partial charge in [0, 0.05) is 22.4 Å². The first kappa shape index (κ1) is 19.5. The second kappa shape index (κ2) is 7.88. The summed E-state index contributed by atoms with van der Waals surface area (Å²) >= 11 is 12.4. The van der Waals surface area contributed by atoms with Crippen molar-refractivity contribution < 1.29 is 9.59 Å². The lowest BCUT2D eigenvalue weighted by Crippen LogP contribution is -2.51. The van der Waals surface area contributed by atoms with Crippen molar-refractivity contribution in [1.29, 1.82) is 0 Å². The molecule has 3 nitrogen and oxygen atoms in total. The number of carbonyl (C=O) groups is 2. The van der Waals surface area contributed by atoms with E-state index in [2.05, 4.69) is 6.07 Å². The van der Waals surface area contributed by atoms with Gasteiger partial charge < -0.3 is 4.90 Å². The molecule has 146 valence electrons. The van der Waals surface area contributed by atoms with E-state index >= 15 is 0 Å². The maximum Gasteiger partial charge on any atom is 0.223 e. The van der Waals surface area contributed by atoms with Gasteiger partial charge in [0.25, 0.3) is 0 Å². The van der Waals surface area contributed by atoms with Gasteiger partial charge in [-0.1, -0.05) is 47.5 Å². The molecule has 0 spiro atoms. The summed E-state index contributed by atoms with van der Waals surface area (Å²) in [5, 5.41) is 1.34. The second-order valence-electron chi connectivity index (χ2n) is 7.89. The fourth-order valence-electron chi connectivity index (χ4n) is 4.55. The van der Waals surface area contributed by atoms with Crippen LogP contribution in [-0.2, 0) is 9.59 Å². The van der Waals surface area contributed by atoms with Crippen LogP contribution in [-0.4, -0.2) is 22.6 Å². The number of rotatable bonds is 5. The molecule has 1 unspecified atom stereocenters. The molecule has 0 N–H and O–H groups in total. The summed E-state index contributed by atoms with van der Waals surface area (Å²) in [6.07, 6.45) is 3.18. The van der Waals surface area contributed by atoms with Crippen molar-refractivity contribution in [2.75, 3.05) is 0 Å². The maximum atomic E-state index is 13.1. The van der Waals surface area contributed by atoms with Crippen LogP contribution in [0, 0.1) is 5.92 Å². The first-order valence-electron chi connectivity index (χ1n) is 9.78. The van der Waals surface area contributed by atoms with Crippen molar-refractivity contribution in [1.82, 2.24) is 4.90 Å². The number of halogens is 2. The molecule has 3 atom stereocenters. The molecule has 1 saturated carbocycles. The lowest BCUT2D eigenvalue weighted by molar-refractivity contribution is -0.146. The van der Waals surface area contributed by atoms with Crippen LogP contribution in [0.5, 0.6) is 0 Å². The van der Waals surface area contributed by atoms with Gasteiger partial charge in [0.2, 0.25) is 5.91 Å². The molecule has 1 saturated heterocycles. The van der Waals surface area contributed by atoms with Gasteiger partial charge in [0.1, 0.15) is 0 Å². The van der Waals surface area contributed by atoms with Gasteiger partial charge >= 0.3 is 0 Å². The molecular weight excluding hydrogens is 393 g/mol. The zero-order valence-electron chi connectivity index (χ0n) is 15.8. The first-order chi connectivity index (χ1) is 13.5. The summed E-state index contributed by atoms with van der Waals surface area (Å²) in [4.78, 5) is 27.5. The SMILES string of the molecule is CC(=O)[C@H](C1CC1)N1C(=O)CC[C@H](c2cccc(Cl)c2)C1c1ccc(Cl)cc1. The van der Waals surface area contributed by atoms with Crippen molar-refractivity contribution in [3.05, 3.63) is 69.7 Å². The third-order valence-electron chi connectivity index (χ3n) is 5.91. The maximum absolute atomic E-state index is 13.1. The monoisotopic (exact) mass is 415 g/mol.